The first kappa shape index (κ1) is 14.8. The maximum absolute atomic E-state index is 12.3. The number of carbonyl (C=O) groups is 2. The van der Waals surface area contributed by atoms with Gasteiger partial charge in [0.25, 0.3) is 0 Å². The van der Waals surface area contributed by atoms with Gasteiger partial charge in [-0.05, 0) is 18.8 Å². The summed E-state index contributed by atoms with van der Waals surface area (Å²) in [5.74, 6) is -1.38. The van der Waals surface area contributed by atoms with Gasteiger partial charge in [0, 0.05) is 26.2 Å². The normalized spacial score (nSPS) is 19.7. The van der Waals surface area contributed by atoms with Gasteiger partial charge >= 0.3 is 12.0 Å². The molecular formula is C13H24N2O3. The van der Waals surface area contributed by atoms with E-state index >= 15 is 0 Å². The highest BCUT2D eigenvalue weighted by molar-refractivity contribution is 5.76. The number of hydrogen-bond acceptors (Lipinski definition) is 2. The summed E-state index contributed by atoms with van der Waals surface area (Å²) < 4.78 is 0. The van der Waals surface area contributed by atoms with Gasteiger partial charge in [-0.3, -0.25) is 4.79 Å². The lowest BCUT2D eigenvalue weighted by molar-refractivity contribution is -0.141. The van der Waals surface area contributed by atoms with Gasteiger partial charge in [-0.2, -0.15) is 0 Å². The highest BCUT2D eigenvalue weighted by atomic mass is 16.4. The highest BCUT2D eigenvalue weighted by Gasteiger charge is 2.34. The molecule has 1 N–H and O–H groups in total. The Morgan fingerprint density at radius 1 is 1.44 bits per heavy atom. The van der Waals surface area contributed by atoms with Crippen LogP contribution in [-0.2, 0) is 4.79 Å². The fourth-order valence-corrected chi connectivity index (χ4v) is 2.23. The monoisotopic (exact) mass is 256 g/mol. The van der Waals surface area contributed by atoms with Crippen molar-refractivity contribution in [3.8, 4) is 0 Å². The molecule has 1 rings (SSSR count). The van der Waals surface area contributed by atoms with Gasteiger partial charge in [-0.15, -0.1) is 0 Å². The molecule has 0 bridgehead atoms. The number of aliphatic carboxylic acids is 1. The quantitative estimate of drug-likeness (QED) is 0.835. The molecule has 1 unspecified atom stereocenters. The topological polar surface area (TPSA) is 60.9 Å². The fourth-order valence-electron chi connectivity index (χ4n) is 2.23. The Labute approximate surface area is 109 Å². The van der Waals surface area contributed by atoms with Crippen LogP contribution in [0.4, 0.5) is 4.79 Å². The Morgan fingerprint density at radius 3 is 2.44 bits per heavy atom. The maximum atomic E-state index is 12.3. The van der Waals surface area contributed by atoms with E-state index in [2.05, 4.69) is 13.8 Å². The zero-order valence-corrected chi connectivity index (χ0v) is 11.8. The van der Waals surface area contributed by atoms with E-state index in [4.69, 9.17) is 5.11 Å². The number of carboxylic acids is 1. The van der Waals surface area contributed by atoms with E-state index in [9.17, 15) is 9.59 Å². The van der Waals surface area contributed by atoms with Crippen molar-refractivity contribution in [2.45, 2.75) is 34.1 Å². The summed E-state index contributed by atoms with van der Waals surface area (Å²) in [5, 5.41) is 8.91. The zero-order chi connectivity index (χ0) is 13.9. The Hall–Kier alpha value is -1.26. The number of carboxylic acid groups (broad SMARTS) is 1. The Kier molecular flexibility index (Phi) is 4.59. The first-order valence-corrected chi connectivity index (χ1v) is 6.53. The second-order valence-corrected chi connectivity index (χ2v) is 5.90. The van der Waals surface area contributed by atoms with E-state index in [1.54, 1.807) is 11.8 Å². The zero-order valence-electron chi connectivity index (χ0n) is 11.8. The van der Waals surface area contributed by atoms with E-state index in [0.29, 0.717) is 6.54 Å². The van der Waals surface area contributed by atoms with Crippen LogP contribution in [0.25, 0.3) is 0 Å². The third kappa shape index (κ3) is 3.62. The number of hydrogen-bond donors (Lipinski definition) is 1. The third-order valence-electron chi connectivity index (χ3n) is 3.52. The van der Waals surface area contributed by atoms with Crippen molar-refractivity contribution in [2.24, 2.45) is 11.3 Å². The van der Waals surface area contributed by atoms with Crippen molar-refractivity contribution >= 4 is 12.0 Å². The highest BCUT2D eigenvalue weighted by Crippen LogP contribution is 2.29. The fraction of sp³-hybridized carbons (Fsp3) is 0.846. The molecular weight excluding hydrogens is 232 g/mol. The van der Waals surface area contributed by atoms with Gasteiger partial charge in [-0.1, -0.05) is 20.8 Å². The summed E-state index contributed by atoms with van der Waals surface area (Å²) in [4.78, 5) is 26.6. The van der Waals surface area contributed by atoms with E-state index in [-0.39, 0.29) is 18.0 Å². The lowest BCUT2D eigenvalue weighted by atomic mass is 9.93. The summed E-state index contributed by atoms with van der Waals surface area (Å²) in [5.41, 5.74) is 0.174. The van der Waals surface area contributed by atoms with E-state index < -0.39 is 11.9 Å². The molecule has 18 heavy (non-hydrogen) atoms. The predicted molar refractivity (Wildman–Crippen MR) is 69.4 cm³/mol. The van der Waals surface area contributed by atoms with Gasteiger partial charge < -0.3 is 14.9 Å². The van der Waals surface area contributed by atoms with Crippen molar-refractivity contribution < 1.29 is 14.7 Å². The average molecular weight is 256 g/mol. The Morgan fingerprint density at radius 2 is 2.06 bits per heavy atom. The molecule has 0 aromatic rings. The lowest BCUT2D eigenvalue weighted by Gasteiger charge is -2.29. The summed E-state index contributed by atoms with van der Waals surface area (Å²) in [6.07, 6.45) is 1.00. The summed E-state index contributed by atoms with van der Waals surface area (Å²) in [7, 11) is 0. The molecule has 1 atom stereocenters. The number of amides is 2. The Bertz CT molecular complexity index is 328. The van der Waals surface area contributed by atoms with Crippen molar-refractivity contribution in [1.29, 1.82) is 0 Å². The molecule has 5 nitrogen and oxygen atoms in total. The minimum Gasteiger partial charge on any atom is -0.481 e. The number of urea groups is 1. The minimum atomic E-state index is -0.858. The van der Waals surface area contributed by atoms with E-state index in [1.165, 1.54) is 0 Å². The van der Waals surface area contributed by atoms with Crippen molar-refractivity contribution in [3.63, 3.8) is 0 Å². The molecule has 0 saturated carbocycles. The Balaban J connectivity index is 2.60. The molecule has 0 radical (unpaired) electrons. The molecule has 1 saturated heterocycles. The molecule has 1 aliphatic rings. The molecule has 0 aromatic carbocycles. The lowest BCUT2D eigenvalue weighted by Crippen LogP contribution is -2.45. The molecule has 0 spiro atoms. The van der Waals surface area contributed by atoms with E-state index in [0.717, 1.165) is 19.5 Å². The molecule has 1 fully saturated rings. The smallest absolute Gasteiger partial charge is 0.320 e. The van der Waals surface area contributed by atoms with Crippen LogP contribution in [0.3, 0.4) is 0 Å². The number of carbonyl (C=O) groups excluding carboxylic acids is 1. The number of likely N-dealkylation sites (tertiary alicyclic amines) is 1. The van der Waals surface area contributed by atoms with Gasteiger partial charge in [0.05, 0.1) is 5.92 Å². The molecule has 1 aliphatic heterocycles. The SMILES string of the molecule is CCN(CC(C)C(=O)O)C(=O)N1CCC(C)(C)C1. The second-order valence-electron chi connectivity index (χ2n) is 5.90. The molecule has 2 amide bonds. The average Bonchev–Trinajstić information content (AvgIpc) is 2.65. The second kappa shape index (κ2) is 5.59. The van der Waals surface area contributed by atoms with Crippen molar-refractivity contribution in [1.82, 2.24) is 9.80 Å². The molecule has 5 heteroatoms. The van der Waals surface area contributed by atoms with Crippen LogP contribution >= 0.6 is 0 Å². The van der Waals surface area contributed by atoms with Gasteiger partial charge in [0.1, 0.15) is 0 Å². The van der Waals surface area contributed by atoms with Crippen LogP contribution in [0.2, 0.25) is 0 Å². The van der Waals surface area contributed by atoms with Crippen LogP contribution in [0, 0.1) is 11.3 Å². The molecule has 0 aliphatic carbocycles. The number of nitrogens with zero attached hydrogens (tertiary/aromatic N) is 2. The molecule has 104 valence electrons. The largest absolute Gasteiger partial charge is 0.481 e. The van der Waals surface area contributed by atoms with Gasteiger partial charge in [0.15, 0.2) is 0 Å². The first-order valence-electron chi connectivity index (χ1n) is 6.53. The van der Waals surface area contributed by atoms with E-state index in [1.807, 2.05) is 11.8 Å². The first-order chi connectivity index (χ1) is 8.26. The van der Waals surface area contributed by atoms with Crippen LogP contribution in [0.1, 0.15) is 34.1 Å². The summed E-state index contributed by atoms with van der Waals surface area (Å²) >= 11 is 0. The van der Waals surface area contributed by atoms with Crippen LogP contribution in [0.15, 0.2) is 0 Å². The van der Waals surface area contributed by atoms with Gasteiger partial charge in [-0.25, -0.2) is 4.79 Å². The van der Waals surface area contributed by atoms with Crippen LogP contribution < -0.4 is 0 Å². The molecule has 1 heterocycles. The summed E-state index contributed by atoms with van der Waals surface area (Å²) in [6.45, 7) is 10.2. The van der Waals surface area contributed by atoms with Crippen molar-refractivity contribution in [2.75, 3.05) is 26.2 Å². The predicted octanol–water partition coefficient (Wildman–Crippen LogP) is 1.88. The minimum absolute atomic E-state index is 0.0313. The summed E-state index contributed by atoms with van der Waals surface area (Å²) in [6, 6.07) is -0.0313. The third-order valence-corrected chi connectivity index (χ3v) is 3.52. The number of rotatable bonds is 4. The maximum Gasteiger partial charge on any atom is 0.320 e. The molecule has 0 aromatic heterocycles. The van der Waals surface area contributed by atoms with Gasteiger partial charge in [0.2, 0.25) is 0 Å². The standard InChI is InChI=1S/C13H24N2O3/c1-5-14(8-10(2)11(16)17)12(18)15-7-6-13(3,4)9-15/h10H,5-9H2,1-4H3,(H,16,17). The van der Waals surface area contributed by atoms with Crippen LogP contribution in [0.5, 0.6) is 0 Å². The van der Waals surface area contributed by atoms with Crippen molar-refractivity contribution in [3.05, 3.63) is 0 Å². The van der Waals surface area contributed by atoms with Crippen LogP contribution in [-0.4, -0.2) is 53.1 Å².